The Morgan fingerprint density at radius 1 is 1.21 bits per heavy atom. The monoisotopic (exact) mass is 270 g/mol. The largest absolute Gasteiger partial charge is 0.348 e. The molecule has 0 atom stereocenters. The molecule has 3 aromatic rings. The number of aromatic amines is 1. The molecule has 0 saturated carbocycles. The number of nitrogens with zero attached hydrogens (tertiary/aromatic N) is 2. The molecule has 6 heteroatoms. The van der Waals surface area contributed by atoms with Crippen LogP contribution in [0.5, 0.6) is 0 Å². The van der Waals surface area contributed by atoms with E-state index in [9.17, 15) is 4.79 Å². The van der Waals surface area contributed by atoms with Crippen molar-refractivity contribution >= 4 is 22.3 Å². The van der Waals surface area contributed by atoms with E-state index in [2.05, 4.69) is 20.3 Å². The van der Waals surface area contributed by atoms with Crippen LogP contribution in [0.4, 0.5) is 10.9 Å². The minimum Gasteiger partial charge on any atom is -0.348 e. The number of hydrogen-bond donors (Lipinski definition) is 2. The fourth-order valence-electron chi connectivity index (χ4n) is 1.60. The van der Waals surface area contributed by atoms with Gasteiger partial charge in [-0.2, -0.15) is 0 Å². The van der Waals surface area contributed by atoms with E-state index < -0.39 is 0 Å². The fourth-order valence-corrected chi connectivity index (χ4v) is 2.31. The summed E-state index contributed by atoms with van der Waals surface area (Å²) in [5.41, 5.74) is 1.59. The Kier molecular flexibility index (Phi) is 3.07. The number of hydrogen-bond acceptors (Lipinski definition) is 5. The third kappa shape index (κ3) is 2.69. The van der Waals surface area contributed by atoms with Gasteiger partial charge in [0.25, 0.3) is 0 Å². The van der Waals surface area contributed by atoms with Crippen LogP contribution in [0.25, 0.3) is 11.4 Å². The number of rotatable bonds is 3. The Morgan fingerprint density at radius 3 is 2.95 bits per heavy atom. The minimum absolute atomic E-state index is 0.0530. The molecule has 3 rings (SSSR count). The summed E-state index contributed by atoms with van der Waals surface area (Å²) < 4.78 is 0. The molecule has 0 aliphatic rings. The quantitative estimate of drug-likeness (QED) is 0.767. The number of anilines is 2. The second-order valence-electron chi connectivity index (χ2n) is 3.82. The highest BCUT2D eigenvalue weighted by molar-refractivity contribution is 7.14. The van der Waals surface area contributed by atoms with Crippen molar-refractivity contribution in [3.63, 3.8) is 0 Å². The van der Waals surface area contributed by atoms with Crippen LogP contribution < -0.4 is 10.7 Å². The maximum atomic E-state index is 11.2. The van der Waals surface area contributed by atoms with Crippen molar-refractivity contribution < 1.29 is 0 Å². The van der Waals surface area contributed by atoms with Gasteiger partial charge in [-0.15, -0.1) is 11.3 Å². The van der Waals surface area contributed by atoms with Gasteiger partial charge in [0.1, 0.15) is 11.5 Å². The fraction of sp³-hybridized carbons (Fsp3) is 0. The molecule has 0 spiro atoms. The predicted octanol–water partition coefficient (Wildman–Crippen LogP) is 2.64. The second kappa shape index (κ2) is 5.03. The van der Waals surface area contributed by atoms with Crippen molar-refractivity contribution in [3.05, 3.63) is 58.3 Å². The summed E-state index contributed by atoms with van der Waals surface area (Å²) in [6, 6.07) is 8.64. The molecule has 2 N–H and O–H groups in total. The molecule has 19 heavy (non-hydrogen) atoms. The van der Waals surface area contributed by atoms with Crippen molar-refractivity contribution in [2.75, 3.05) is 5.32 Å². The Balaban J connectivity index is 1.84. The van der Waals surface area contributed by atoms with Crippen LogP contribution in [0.2, 0.25) is 0 Å². The van der Waals surface area contributed by atoms with Crippen molar-refractivity contribution in [1.82, 2.24) is 15.0 Å². The van der Waals surface area contributed by atoms with Crippen molar-refractivity contribution in [3.8, 4) is 11.4 Å². The first kappa shape index (κ1) is 11.6. The van der Waals surface area contributed by atoms with Crippen LogP contribution >= 0.6 is 11.3 Å². The Morgan fingerprint density at radius 2 is 2.16 bits per heavy atom. The first-order valence-electron chi connectivity index (χ1n) is 5.64. The molecule has 5 nitrogen and oxygen atoms in total. The lowest BCUT2D eigenvalue weighted by atomic mass is 10.3. The summed E-state index contributed by atoms with van der Waals surface area (Å²) in [5.74, 6) is 0.620. The van der Waals surface area contributed by atoms with Crippen LogP contribution in [0.3, 0.4) is 0 Å². The second-order valence-corrected chi connectivity index (χ2v) is 4.67. The number of pyridine rings is 2. The molecule has 0 aliphatic carbocycles. The number of H-pyrrole nitrogens is 1. The Labute approximate surface area is 113 Å². The molecule has 0 unspecified atom stereocenters. The smallest absolute Gasteiger partial charge is 0.188 e. The molecule has 0 aromatic carbocycles. The lowest BCUT2D eigenvalue weighted by Gasteiger charge is -2.00. The van der Waals surface area contributed by atoms with E-state index in [4.69, 9.17) is 0 Å². The van der Waals surface area contributed by atoms with E-state index in [-0.39, 0.29) is 5.43 Å². The summed E-state index contributed by atoms with van der Waals surface area (Å²) in [4.78, 5) is 22.8. The van der Waals surface area contributed by atoms with Gasteiger partial charge in [-0.05, 0) is 12.1 Å². The molecule has 0 amide bonds. The minimum atomic E-state index is -0.0530. The van der Waals surface area contributed by atoms with Crippen molar-refractivity contribution in [2.24, 2.45) is 0 Å². The van der Waals surface area contributed by atoms with Crippen LogP contribution in [0.15, 0.2) is 52.9 Å². The molecule has 3 heterocycles. The highest BCUT2D eigenvalue weighted by Crippen LogP contribution is 2.24. The summed E-state index contributed by atoms with van der Waals surface area (Å²) in [6.45, 7) is 0. The highest BCUT2D eigenvalue weighted by Gasteiger charge is 2.05. The lowest BCUT2D eigenvalue weighted by Crippen LogP contribution is -2.01. The number of aromatic nitrogens is 3. The molecule has 0 bridgehead atoms. The maximum absolute atomic E-state index is 11.2. The molecule has 0 fully saturated rings. The van der Waals surface area contributed by atoms with Gasteiger partial charge in [0, 0.05) is 29.9 Å². The molecule has 0 aliphatic heterocycles. The lowest BCUT2D eigenvalue weighted by molar-refractivity contribution is 1.25. The number of nitrogens with one attached hydrogen (secondary N) is 2. The summed E-state index contributed by atoms with van der Waals surface area (Å²) >= 11 is 1.46. The Bertz CT molecular complexity index is 735. The van der Waals surface area contributed by atoms with Gasteiger partial charge in [-0.1, -0.05) is 6.07 Å². The number of thiazole rings is 1. The average molecular weight is 270 g/mol. The molecule has 94 valence electrons. The zero-order valence-corrected chi connectivity index (χ0v) is 10.6. The van der Waals surface area contributed by atoms with Gasteiger partial charge in [-0.3, -0.25) is 9.78 Å². The standard InChI is InChI=1S/C13H10N4OS/c18-9-4-6-15-12(7-9)17-13-16-11(8-19-13)10-3-1-2-5-14-10/h1-8H,(H2,15,16,17,18). The van der Waals surface area contributed by atoms with Crippen LogP contribution in [-0.4, -0.2) is 15.0 Å². The van der Waals surface area contributed by atoms with E-state index >= 15 is 0 Å². The summed E-state index contributed by atoms with van der Waals surface area (Å²) in [6.07, 6.45) is 3.33. The van der Waals surface area contributed by atoms with Crippen molar-refractivity contribution in [1.29, 1.82) is 0 Å². The van der Waals surface area contributed by atoms with Gasteiger partial charge < -0.3 is 10.3 Å². The van der Waals surface area contributed by atoms with E-state index in [1.165, 1.54) is 23.5 Å². The van der Waals surface area contributed by atoms with Gasteiger partial charge in [-0.25, -0.2) is 4.98 Å². The molecular formula is C13H10N4OS. The van der Waals surface area contributed by atoms with E-state index in [0.29, 0.717) is 10.9 Å². The summed E-state index contributed by atoms with van der Waals surface area (Å²) in [7, 11) is 0. The molecule has 0 radical (unpaired) electrons. The van der Waals surface area contributed by atoms with Crippen LogP contribution in [-0.2, 0) is 0 Å². The SMILES string of the molecule is O=c1cc[nH]c(Nc2nc(-c3ccccn3)cs2)c1. The molecule has 0 saturated heterocycles. The van der Waals surface area contributed by atoms with E-state index in [0.717, 1.165) is 11.4 Å². The van der Waals surface area contributed by atoms with Gasteiger partial charge in [0.15, 0.2) is 10.6 Å². The molecular weight excluding hydrogens is 260 g/mol. The maximum Gasteiger partial charge on any atom is 0.188 e. The zero-order chi connectivity index (χ0) is 13.1. The van der Waals surface area contributed by atoms with E-state index in [1.54, 1.807) is 12.4 Å². The van der Waals surface area contributed by atoms with Gasteiger partial charge in [0.05, 0.1) is 5.69 Å². The van der Waals surface area contributed by atoms with Crippen LogP contribution in [0, 0.1) is 0 Å². The third-order valence-electron chi connectivity index (χ3n) is 2.45. The first-order chi connectivity index (χ1) is 9.31. The first-order valence-corrected chi connectivity index (χ1v) is 6.52. The van der Waals surface area contributed by atoms with Crippen molar-refractivity contribution in [2.45, 2.75) is 0 Å². The third-order valence-corrected chi connectivity index (χ3v) is 3.20. The van der Waals surface area contributed by atoms with Gasteiger partial charge >= 0.3 is 0 Å². The predicted molar refractivity (Wildman–Crippen MR) is 75.7 cm³/mol. The average Bonchev–Trinajstić information content (AvgIpc) is 2.88. The Hall–Kier alpha value is -2.47. The van der Waals surface area contributed by atoms with Crippen LogP contribution in [0.1, 0.15) is 0 Å². The summed E-state index contributed by atoms with van der Waals surface area (Å²) in [5, 5.41) is 5.69. The normalized spacial score (nSPS) is 10.3. The zero-order valence-electron chi connectivity index (χ0n) is 9.83. The highest BCUT2D eigenvalue weighted by atomic mass is 32.1. The van der Waals surface area contributed by atoms with Gasteiger partial charge in [0.2, 0.25) is 0 Å². The van der Waals surface area contributed by atoms with E-state index in [1.807, 2.05) is 23.6 Å². The topological polar surface area (TPSA) is 70.7 Å². The molecule has 3 aromatic heterocycles.